The predicted octanol–water partition coefficient (Wildman–Crippen LogP) is 3.58. The summed E-state index contributed by atoms with van der Waals surface area (Å²) in [6.07, 6.45) is -1.18. The fraction of sp³-hybridized carbons (Fsp3) is 0.348. The number of nitrogens with zero attached hydrogens (tertiary/aromatic N) is 2. The first-order valence-electron chi connectivity index (χ1n) is 10.6. The molecule has 4 atom stereocenters. The van der Waals surface area contributed by atoms with Gasteiger partial charge in [-0.2, -0.15) is 18.2 Å². The highest BCUT2D eigenvalue weighted by molar-refractivity contribution is 8.00. The number of amides is 3. The van der Waals surface area contributed by atoms with Crippen LogP contribution in [-0.2, 0) is 19.2 Å². The summed E-state index contributed by atoms with van der Waals surface area (Å²) in [6, 6.07) is 13.3. The van der Waals surface area contributed by atoms with Gasteiger partial charge in [0.1, 0.15) is 0 Å². The number of imide groups is 1. The van der Waals surface area contributed by atoms with Gasteiger partial charge < -0.3 is 5.73 Å². The van der Waals surface area contributed by atoms with Crippen molar-refractivity contribution in [2.24, 2.45) is 11.7 Å². The molecule has 3 amide bonds. The highest BCUT2D eigenvalue weighted by atomic mass is 32.2. The molecule has 0 bridgehead atoms. The molecule has 0 spiro atoms. The molecule has 34 heavy (non-hydrogen) atoms. The molecule has 2 aromatic carbocycles. The third-order valence-corrected chi connectivity index (χ3v) is 6.67. The first-order chi connectivity index (χ1) is 16.1. The molecule has 2 N–H and O–H groups in total. The van der Waals surface area contributed by atoms with Gasteiger partial charge in [-0.3, -0.25) is 24.1 Å². The molecule has 7 nitrogen and oxygen atoms in total. The monoisotopic (exact) mass is 493 g/mol. The number of thioether (sulfide) groups is 1. The topological polar surface area (TPSA) is 92.9 Å². The van der Waals surface area contributed by atoms with Crippen molar-refractivity contribution in [2.75, 3.05) is 6.54 Å². The largest absolute Gasteiger partial charge is 0.446 e. The maximum atomic E-state index is 13.5. The average Bonchev–Trinajstić information content (AvgIpc) is 3.27. The van der Waals surface area contributed by atoms with Crippen LogP contribution in [0.3, 0.4) is 0 Å². The fourth-order valence-corrected chi connectivity index (χ4v) is 4.95. The van der Waals surface area contributed by atoms with Crippen molar-refractivity contribution >= 4 is 29.5 Å². The van der Waals surface area contributed by atoms with Crippen LogP contribution in [0.2, 0.25) is 0 Å². The minimum absolute atomic E-state index is 0.0106. The molecular weight excluding hydrogens is 471 g/mol. The van der Waals surface area contributed by atoms with E-state index in [1.807, 2.05) is 30.3 Å². The molecule has 2 aliphatic heterocycles. The van der Waals surface area contributed by atoms with E-state index >= 15 is 0 Å². The first kappa shape index (κ1) is 24.2. The van der Waals surface area contributed by atoms with Crippen LogP contribution in [0.15, 0.2) is 59.5 Å². The van der Waals surface area contributed by atoms with Crippen LogP contribution in [0, 0.1) is 5.92 Å². The molecule has 0 aliphatic carbocycles. The SMILES string of the molecule is CC(c1ccccc1)N1C(=O)C2ON(CCC(N)=O)C(c3ccc(SC(F)(F)F)cc3)C2C1=O. The number of hydrogen-bond acceptors (Lipinski definition) is 6. The average molecular weight is 494 g/mol. The van der Waals surface area contributed by atoms with Crippen molar-refractivity contribution < 1.29 is 32.4 Å². The van der Waals surface area contributed by atoms with Gasteiger partial charge in [-0.25, -0.2) is 0 Å². The Labute approximate surface area is 198 Å². The Morgan fingerprint density at radius 3 is 2.32 bits per heavy atom. The van der Waals surface area contributed by atoms with Crippen LogP contribution in [0.25, 0.3) is 0 Å². The smallest absolute Gasteiger partial charge is 0.370 e. The molecule has 0 aromatic heterocycles. The van der Waals surface area contributed by atoms with E-state index in [0.717, 1.165) is 5.56 Å². The van der Waals surface area contributed by atoms with Gasteiger partial charge >= 0.3 is 5.51 Å². The van der Waals surface area contributed by atoms with Gasteiger partial charge in [-0.15, -0.1) is 0 Å². The zero-order valence-electron chi connectivity index (χ0n) is 18.1. The Hall–Kier alpha value is -2.89. The van der Waals surface area contributed by atoms with Gasteiger partial charge in [0.15, 0.2) is 6.10 Å². The molecule has 2 aliphatic rings. The molecule has 4 rings (SSSR count). The number of nitrogens with two attached hydrogens (primary N) is 1. The highest BCUT2D eigenvalue weighted by Gasteiger charge is 2.60. The van der Waals surface area contributed by atoms with Crippen molar-refractivity contribution in [3.8, 4) is 0 Å². The summed E-state index contributed by atoms with van der Waals surface area (Å²) in [5.74, 6) is -2.44. The zero-order chi connectivity index (χ0) is 24.6. The Balaban J connectivity index is 1.64. The summed E-state index contributed by atoms with van der Waals surface area (Å²) < 4.78 is 38.1. The third-order valence-electron chi connectivity index (χ3n) is 5.93. The standard InChI is InChI=1S/C23H22F3N3O4S/c1-13(14-5-3-2-4-6-14)29-21(31)18-19(15-7-9-16(10-8-15)34-23(24,25)26)28(12-11-17(27)30)33-20(18)22(29)32/h2-10,13,18-20H,11-12H2,1H3,(H2,27,30). The van der Waals surface area contributed by atoms with Crippen molar-refractivity contribution in [1.82, 2.24) is 9.96 Å². The van der Waals surface area contributed by atoms with Gasteiger partial charge in [0, 0.05) is 17.9 Å². The summed E-state index contributed by atoms with van der Waals surface area (Å²) in [6.45, 7) is 1.77. The molecule has 4 unspecified atom stereocenters. The first-order valence-corrected chi connectivity index (χ1v) is 11.4. The third kappa shape index (κ3) is 4.82. The van der Waals surface area contributed by atoms with Crippen LogP contribution in [-0.4, -0.2) is 45.8 Å². The maximum Gasteiger partial charge on any atom is 0.446 e. The number of fused-ring (bicyclic) bond motifs is 1. The summed E-state index contributed by atoms with van der Waals surface area (Å²) in [7, 11) is 0. The van der Waals surface area contributed by atoms with E-state index in [9.17, 15) is 27.6 Å². The van der Waals surface area contributed by atoms with Gasteiger partial charge in [0.25, 0.3) is 5.91 Å². The molecule has 2 saturated heterocycles. The molecule has 180 valence electrons. The number of likely N-dealkylation sites (tertiary alicyclic amines) is 1. The molecule has 11 heteroatoms. The lowest BCUT2D eigenvalue weighted by atomic mass is 9.90. The van der Waals surface area contributed by atoms with Crippen LogP contribution in [0.1, 0.15) is 36.6 Å². The van der Waals surface area contributed by atoms with Crippen LogP contribution < -0.4 is 5.73 Å². The van der Waals surface area contributed by atoms with Crippen molar-refractivity contribution in [3.05, 3.63) is 65.7 Å². The van der Waals surface area contributed by atoms with Gasteiger partial charge in [-0.1, -0.05) is 42.5 Å². The number of carbonyl (C=O) groups excluding carboxylic acids is 3. The molecule has 2 aromatic rings. The predicted molar refractivity (Wildman–Crippen MR) is 117 cm³/mol. The molecule has 2 fully saturated rings. The van der Waals surface area contributed by atoms with E-state index in [1.54, 1.807) is 6.92 Å². The normalized spacial score (nSPS) is 23.9. The van der Waals surface area contributed by atoms with Crippen LogP contribution in [0.5, 0.6) is 0 Å². The van der Waals surface area contributed by atoms with Gasteiger partial charge in [-0.05, 0) is 41.9 Å². The number of primary amides is 1. The number of hydroxylamine groups is 2. The summed E-state index contributed by atoms with van der Waals surface area (Å²) in [5.41, 5.74) is 2.10. The second-order valence-corrected chi connectivity index (χ2v) is 9.24. The lowest BCUT2D eigenvalue weighted by Crippen LogP contribution is -2.39. The molecular formula is C23H22F3N3O4S. The van der Waals surface area contributed by atoms with Gasteiger partial charge in [0.05, 0.1) is 18.0 Å². The number of hydrogen-bond donors (Lipinski definition) is 1. The number of rotatable bonds is 7. The molecule has 0 radical (unpaired) electrons. The number of carbonyl (C=O) groups is 3. The maximum absolute atomic E-state index is 13.5. The van der Waals surface area contributed by atoms with Crippen molar-refractivity contribution in [3.63, 3.8) is 0 Å². The summed E-state index contributed by atoms with van der Waals surface area (Å²) in [4.78, 5) is 45.1. The van der Waals surface area contributed by atoms with Crippen LogP contribution >= 0.6 is 11.8 Å². The highest BCUT2D eigenvalue weighted by Crippen LogP contribution is 2.47. The Kier molecular flexibility index (Phi) is 6.70. The van der Waals surface area contributed by atoms with E-state index in [-0.39, 0.29) is 29.6 Å². The van der Waals surface area contributed by atoms with E-state index in [1.165, 1.54) is 34.2 Å². The van der Waals surface area contributed by atoms with Crippen molar-refractivity contribution in [1.29, 1.82) is 0 Å². The molecule has 0 saturated carbocycles. The van der Waals surface area contributed by atoms with Crippen LogP contribution in [0.4, 0.5) is 13.2 Å². The minimum atomic E-state index is -4.43. The number of halogens is 3. The van der Waals surface area contributed by atoms with E-state index in [2.05, 4.69) is 0 Å². The lowest BCUT2D eigenvalue weighted by Gasteiger charge is -2.29. The van der Waals surface area contributed by atoms with Crippen molar-refractivity contribution in [2.45, 2.75) is 41.9 Å². The Bertz CT molecular complexity index is 1080. The quantitative estimate of drug-likeness (QED) is 0.468. The van der Waals surface area contributed by atoms with E-state index in [0.29, 0.717) is 5.56 Å². The van der Waals surface area contributed by atoms with E-state index < -0.39 is 47.3 Å². The fourth-order valence-electron chi connectivity index (χ4n) is 4.41. The van der Waals surface area contributed by atoms with Gasteiger partial charge in [0.2, 0.25) is 11.8 Å². The number of alkyl halides is 3. The summed E-state index contributed by atoms with van der Waals surface area (Å²) in [5, 5.41) is 1.37. The number of benzene rings is 2. The van der Waals surface area contributed by atoms with E-state index in [4.69, 9.17) is 10.6 Å². The second-order valence-electron chi connectivity index (χ2n) is 8.10. The lowest BCUT2D eigenvalue weighted by molar-refractivity contribution is -0.181. The second kappa shape index (κ2) is 9.40. The Morgan fingerprint density at radius 1 is 1.09 bits per heavy atom. The summed E-state index contributed by atoms with van der Waals surface area (Å²) >= 11 is -0.246. The Morgan fingerprint density at radius 2 is 1.74 bits per heavy atom. The zero-order valence-corrected chi connectivity index (χ0v) is 18.9. The minimum Gasteiger partial charge on any atom is -0.370 e. The molecule has 2 heterocycles.